The molecular formula is C14H22Cl2N2O2S. The van der Waals surface area contributed by atoms with Crippen LogP contribution in [0.1, 0.15) is 25.8 Å². The third-order valence-electron chi connectivity index (χ3n) is 3.35. The van der Waals surface area contributed by atoms with Gasteiger partial charge in [0.2, 0.25) is 10.0 Å². The van der Waals surface area contributed by atoms with Crippen molar-refractivity contribution in [3.63, 3.8) is 0 Å². The molecule has 0 bridgehead atoms. The summed E-state index contributed by atoms with van der Waals surface area (Å²) in [6, 6.07) is 2.96. The molecule has 7 heteroatoms. The fraction of sp³-hybridized carbons (Fsp3) is 0.571. The zero-order valence-electron chi connectivity index (χ0n) is 12.6. The largest absolute Gasteiger partial charge is 0.304 e. The summed E-state index contributed by atoms with van der Waals surface area (Å²) in [6.07, 6.45) is 0.765. The zero-order chi connectivity index (χ0) is 16.0. The Morgan fingerprint density at radius 3 is 2.29 bits per heavy atom. The molecule has 0 fully saturated rings. The summed E-state index contributed by atoms with van der Waals surface area (Å²) in [6.45, 7) is 9.09. The van der Waals surface area contributed by atoms with E-state index in [0.717, 1.165) is 26.1 Å². The lowest BCUT2D eigenvalue weighted by molar-refractivity contribution is 0.300. The minimum absolute atomic E-state index is 0.180. The summed E-state index contributed by atoms with van der Waals surface area (Å²) in [4.78, 5) is 2.43. The van der Waals surface area contributed by atoms with Gasteiger partial charge in [0.1, 0.15) is 0 Å². The second-order valence-electron chi connectivity index (χ2n) is 4.81. The van der Waals surface area contributed by atoms with Crippen LogP contribution in [-0.4, -0.2) is 39.5 Å². The SMILES string of the molecule is CCN(CC)CCCNS(=O)(=O)c1cc(Cl)c(Cl)cc1C. The third-order valence-corrected chi connectivity index (χ3v) is 5.67. The molecule has 0 amide bonds. The van der Waals surface area contributed by atoms with Gasteiger partial charge in [-0.2, -0.15) is 0 Å². The fourth-order valence-corrected chi connectivity index (χ4v) is 3.82. The molecule has 120 valence electrons. The van der Waals surface area contributed by atoms with Gasteiger partial charge in [-0.1, -0.05) is 37.0 Å². The second kappa shape index (κ2) is 8.34. The lowest BCUT2D eigenvalue weighted by atomic mass is 10.2. The molecule has 21 heavy (non-hydrogen) atoms. The average molecular weight is 353 g/mol. The summed E-state index contributed by atoms with van der Waals surface area (Å²) < 4.78 is 27.2. The van der Waals surface area contributed by atoms with Crippen molar-refractivity contribution in [2.75, 3.05) is 26.2 Å². The van der Waals surface area contributed by atoms with Gasteiger partial charge in [-0.3, -0.25) is 0 Å². The van der Waals surface area contributed by atoms with Gasteiger partial charge in [-0.05, 0) is 50.7 Å². The van der Waals surface area contributed by atoms with Crippen LogP contribution < -0.4 is 4.72 Å². The average Bonchev–Trinajstić information content (AvgIpc) is 2.43. The van der Waals surface area contributed by atoms with Crippen molar-refractivity contribution in [3.05, 3.63) is 27.7 Å². The number of nitrogens with one attached hydrogen (secondary N) is 1. The van der Waals surface area contributed by atoms with Gasteiger partial charge >= 0.3 is 0 Å². The minimum atomic E-state index is -3.55. The zero-order valence-corrected chi connectivity index (χ0v) is 14.9. The number of nitrogens with zero attached hydrogens (tertiary/aromatic N) is 1. The number of halogens is 2. The Balaban J connectivity index is 2.68. The van der Waals surface area contributed by atoms with E-state index in [1.165, 1.54) is 6.07 Å². The van der Waals surface area contributed by atoms with Crippen molar-refractivity contribution >= 4 is 33.2 Å². The van der Waals surface area contributed by atoms with Crippen molar-refractivity contribution in [1.29, 1.82) is 0 Å². The van der Waals surface area contributed by atoms with Crippen LogP contribution in [0.5, 0.6) is 0 Å². The highest BCUT2D eigenvalue weighted by Gasteiger charge is 2.18. The van der Waals surface area contributed by atoms with Crippen LogP contribution in [0.25, 0.3) is 0 Å². The van der Waals surface area contributed by atoms with Crippen LogP contribution in [0.15, 0.2) is 17.0 Å². The Morgan fingerprint density at radius 1 is 1.14 bits per heavy atom. The highest BCUT2D eigenvalue weighted by Crippen LogP contribution is 2.27. The number of sulfonamides is 1. The molecule has 0 spiro atoms. The molecule has 0 heterocycles. The molecule has 0 saturated carbocycles. The number of hydrogen-bond acceptors (Lipinski definition) is 3. The van der Waals surface area contributed by atoms with Crippen LogP contribution in [0.4, 0.5) is 0 Å². The first-order chi connectivity index (χ1) is 9.81. The molecule has 0 atom stereocenters. The standard InChI is InChI=1S/C14H22Cl2N2O2S/c1-4-18(5-2)8-6-7-17-21(19,20)14-10-13(16)12(15)9-11(14)3/h9-10,17H,4-8H2,1-3H3. The number of rotatable bonds is 8. The highest BCUT2D eigenvalue weighted by atomic mass is 35.5. The Labute approximate surface area is 137 Å². The minimum Gasteiger partial charge on any atom is -0.304 e. The summed E-state index contributed by atoms with van der Waals surface area (Å²) in [5.74, 6) is 0. The molecular weight excluding hydrogens is 331 g/mol. The molecule has 0 aliphatic carbocycles. The lowest BCUT2D eigenvalue weighted by Gasteiger charge is -2.18. The third kappa shape index (κ3) is 5.42. The van der Waals surface area contributed by atoms with Gasteiger partial charge in [0.15, 0.2) is 0 Å². The summed E-state index contributed by atoms with van der Waals surface area (Å²) >= 11 is 11.8. The summed E-state index contributed by atoms with van der Waals surface area (Å²) in [7, 11) is -3.55. The molecule has 0 aliphatic rings. The van der Waals surface area contributed by atoms with Crippen LogP contribution in [-0.2, 0) is 10.0 Å². The maximum absolute atomic E-state index is 12.3. The van der Waals surface area contributed by atoms with E-state index < -0.39 is 10.0 Å². The first-order valence-corrected chi connectivity index (χ1v) is 9.23. The molecule has 0 aliphatic heterocycles. The summed E-state index contributed by atoms with van der Waals surface area (Å²) in [5.41, 5.74) is 0.584. The van der Waals surface area contributed by atoms with Crippen molar-refractivity contribution in [2.45, 2.75) is 32.1 Å². The van der Waals surface area contributed by atoms with E-state index in [1.807, 2.05) is 0 Å². The molecule has 1 N–H and O–H groups in total. The van der Waals surface area contributed by atoms with Crippen LogP contribution in [0.3, 0.4) is 0 Å². The highest BCUT2D eigenvalue weighted by molar-refractivity contribution is 7.89. The van der Waals surface area contributed by atoms with Crippen molar-refractivity contribution in [3.8, 4) is 0 Å². The first-order valence-electron chi connectivity index (χ1n) is 6.99. The van der Waals surface area contributed by atoms with Gasteiger partial charge in [0, 0.05) is 6.54 Å². The summed E-state index contributed by atoms with van der Waals surface area (Å²) in [5, 5.41) is 0.598. The van der Waals surface area contributed by atoms with E-state index in [-0.39, 0.29) is 9.92 Å². The molecule has 0 radical (unpaired) electrons. The van der Waals surface area contributed by atoms with E-state index in [2.05, 4.69) is 23.5 Å². The van der Waals surface area contributed by atoms with Crippen molar-refractivity contribution < 1.29 is 8.42 Å². The monoisotopic (exact) mass is 352 g/mol. The van der Waals surface area contributed by atoms with E-state index in [4.69, 9.17) is 23.2 Å². The van der Waals surface area contributed by atoms with Gasteiger partial charge < -0.3 is 4.90 Å². The van der Waals surface area contributed by atoms with Crippen LogP contribution >= 0.6 is 23.2 Å². The fourth-order valence-electron chi connectivity index (χ4n) is 2.04. The predicted molar refractivity (Wildman–Crippen MR) is 88.8 cm³/mol. The Kier molecular flexibility index (Phi) is 7.44. The van der Waals surface area contributed by atoms with Gasteiger partial charge in [0.25, 0.3) is 0 Å². The maximum Gasteiger partial charge on any atom is 0.240 e. The topological polar surface area (TPSA) is 49.4 Å². The Hall–Kier alpha value is -0.330. The van der Waals surface area contributed by atoms with E-state index in [0.29, 0.717) is 17.1 Å². The molecule has 1 rings (SSSR count). The normalized spacial score (nSPS) is 12.1. The lowest BCUT2D eigenvalue weighted by Crippen LogP contribution is -2.30. The van der Waals surface area contributed by atoms with Gasteiger partial charge in [-0.15, -0.1) is 0 Å². The quantitative estimate of drug-likeness (QED) is 0.730. The second-order valence-corrected chi connectivity index (χ2v) is 7.36. The Bertz CT molecular complexity index is 573. The van der Waals surface area contributed by atoms with Crippen LogP contribution in [0.2, 0.25) is 10.0 Å². The molecule has 1 aromatic rings. The van der Waals surface area contributed by atoms with Crippen LogP contribution in [0, 0.1) is 6.92 Å². The van der Waals surface area contributed by atoms with Gasteiger partial charge in [0.05, 0.1) is 14.9 Å². The maximum atomic E-state index is 12.3. The predicted octanol–water partition coefficient (Wildman–Crippen LogP) is 3.31. The number of benzene rings is 1. The smallest absolute Gasteiger partial charge is 0.240 e. The molecule has 0 saturated heterocycles. The van der Waals surface area contributed by atoms with E-state index >= 15 is 0 Å². The first kappa shape index (κ1) is 18.7. The molecule has 0 unspecified atom stereocenters. The van der Waals surface area contributed by atoms with Gasteiger partial charge in [-0.25, -0.2) is 13.1 Å². The van der Waals surface area contributed by atoms with Crippen molar-refractivity contribution in [2.24, 2.45) is 0 Å². The van der Waals surface area contributed by atoms with Crippen molar-refractivity contribution in [1.82, 2.24) is 9.62 Å². The molecule has 1 aromatic carbocycles. The number of hydrogen-bond donors (Lipinski definition) is 1. The molecule has 0 aromatic heterocycles. The van der Waals surface area contributed by atoms with E-state index in [9.17, 15) is 8.42 Å². The van der Waals surface area contributed by atoms with E-state index in [1.54, 1.807) is 13.0 Å². The number of aryl methyl sites for hydroxylation is 1. The Morgan fingerprint density at radius 2 is 1.71 bits per heavy atom. The molecule has 4 nitrogen and oxygen atoms in total.